The van der Waals surface area contributed by atoms with Gasteiger partial charge in [0.15, 0.2) is 17.2 Å². The Morgan fingerprint density at radius 2 is 1.90 bits per heavy atom. The van der Waals surface area contributed by atoms with Crippen LogP contribution in [-0.2, 0) is 30.6 Å². The zero-order valence-electron chi connectivity index (χ0n) is 25.3. The molecule has 1 saturated heterocycles. The predicted molar refractivity (Wildman–Crippen MR) is 145 cm³/mol. The zero-order chi connectivity index (χ0) is 34.6. The lowest BCUT2D eigenvalue weighted by Gasteiger charge is -2.33. The summed E-state index contributed by atoms with van der Waals surface area (Å²) in [5.74, 6) is -8.95. The minimum Gasteiger partial charge on any atom is -0.344 e. The molecule has 5 heterocycles. The molecule has 0 unspecified atom stereocenters. The van der Waals surface area contributed by atoms with Gasteiger partial charge < -0.3 is 10.6 Å². The molecule has 1 saturated carbocycles. The van der Waals surface area contributed by atoms with Crippen molar-refractivity contribution in [1.82, 2.24) is 55.8 Å². The van der Waals surface area contributed by atoms with Crippen LogP contribution in [0, 0.1) is 11.3 Å². The number of hydrogen-bond donors (Lipinski definition) is 2. The molecule has 48 heavy (non-hydrogen) atoms. The first kappa shape index (κ1) is 33.2. The third-order valence-electron chi connectivity index (χ3n) is 8.72. The molecule has 0 aromatic carbocycles. The largest absolute Gasteiger partial charge is 0.408 e. The summed E-state index contributed by atoms with van der Waals surface area (Å²) in [5.41, 5.74) is -2.77. The standard InChI is InChI=1S/C27H28F7N11O3/c1-24(28,29)21-20(41-48-42-21)22(46)38-19(14-3-5-26(30,31)6-4-14)15-12-45-18(36-15)7-13(11-35-45)8-25(10-17-39-43-44(2)40-17)9-16(27(32,33)34)37-23(25)47/h7,11-12,14,16,19H,3-6,8-10H2,1-2H3,(H,37,47)(H,38,46)/t16-,19-,25-/m0/s1. The van der Waals surface area contributed by atoms with Crippen LogP contribution in [0.2, 0.25) is 0 Å². The van der Waals surface area contributed by atoms with Crippen LogP contribution in [0.25, 0.3) is 5.65 Å². The van der Waals surface area contributed by atoms with Crippen LogP contribution in [0.5, 0.6) is 0 Å². The van der Waals surface area contributed by atoms with Gasteiger partial charge in [-0.3, -0.25) is 9.59 Å². The van der Waals surface area contributed by atoms with E-state index in [2.05, 4.69) is 45.8 Å². The highest BCUT2D eigenvalue weighted by Crippen LogP contribution is 2.43. The van der Waals surface area contributed by atoms with Gasteiger partial charge in [0, 0.05) is 26.2 Å². The molecule has 21 heteroatoms. The maximum atomic E-state index is 14.0. The van der Waals surface area contributed by atoms with E-state index >= 15 is 0 Å². The van der Waals surface area contributed by atoms with Gasteiger partial charge in [0.05, 0.1) is 36.6 Å². The second-order valence-corrected chi connectivity index (χ2v) is 12.4. The number of nitrogens with zero attached hydrogens (tertiary/aromatic N) is 9. The molecule has 1 aliphatic heterocycles. The molecule has 2 aliphatic rings. The number of imidazole rings is 1. The molecule has 4 aromatic heterocycles. The molecule has 4 aromatic rings. The van der Waals surface area contributed by atoms with Crippen LogP contribution in [0.1, 0.15) is 78.3 Å². The van der Waals surface area contributed by atoms with Crippen molar-refractivity contribution in [3.05, 3.63) is 46.9 Å². The quantitative estimate of drug-likeness (QED) is 0.249. The number of aryl methyl sites for hydroxylation is 1. The lowest BCUT2D eigenvalue weighted by molar-refractivity contribution is -0.155. The molecule has 0 spiro atoms. The van der Waals surface area contributed by atoms with E-state index in [0.717, 1.165) is 4.80 Å². The Labute approximate surface area is 265 Å². The smallest absolute Gasteiger partial charge is 0.344 e. The van der Waals surface area contributed by atoms with Crippen LogP contribution in [0.4, 0.5) is 30.7 Å². The summed E-state index contributed by atoms with van der Waals surface area (Å²) < 4.78 is 103. The summed E-state index contributed by atoms with van der Waals surface area (Å²) in [6.45, 7) is 0.502. The van der Waals surface area contributed by atoms with E-state index in [-0.39, 0.29) is 42.8 Å². The zero-order valence-corrected chi connectivity index (χ0v) is 25.3. The van der Waals surface area contributed by atoms with Crippen LogP contribution in [-0.4, -0.2) is 75.1 Å². The minimum absolute atomic E-state index is 0.0349. The Balaban J connectivity index is 1.31. The van der Waals surface area contributed by atoms with Crippen LogP contribution in [0.15, 0.2) is 23.1 Å². The van der Waals surface area contributed by atoms with Crippen molar-refractivity contribution < 1.29 is 45.0 Å². The van der Waals surface area contributed by atoms with Crippen molar-refractivity contribution in [2.75, 3.05) is 0 Å². The van der Waals surface area contributed by atoms with E-state index in [4.69, 9.17) is 0 Å². The van der Waals surface area contributed by atoms with Gasteiger partial charge in [-0.1, -0.05) is 0 Å². The number of amides is 2. The third-order valence-corrected chi connectivity index (χ3v) is 8.72. The van der Waals surface area contributed by atoms with Crippen LogP contribution >= 0.6 is 0 Å². The van der Waals surface area contributed by atoms with Crippen molar-refractivity contribution >= 4 is 17.5 Å². The maximum Gasteiger partial charge on any atom is 0.408 e. The number of nitrogens with one attached hydrogen (secondary N) is 2. The van der Waals surface area contributed by atoms with E-state index in [1.807, 2.05) is 5.32 Å². The lowest BCUT2D eigenvalue weighted by Crippen LogP contribution is -2.39. The van der Waals surface area contributed by atoms with Crippen molar-refractivity contribution in [1.29, 1.82) is 0 Å². The summed E-state index contributed by atoms with van der Waals surface area (Å²) in [5, 5.41) is 26.9. The number of halogens is 7. The van der Waals surface area contributed by atoms with Gasteiger partial charge in [0.25, 0.3) is 11.8 Å². The van der Waals surface area contributed by atoms with Gasteiger partial charge >= 0.3 is 6.18 Å². The molecule has 0 radical (unpaired) electrons. The third kappa shape index (κ3) is 6.66. The predicted octanol–water partition coefficient (Wildman–Crippen LogP) is 3.27. The number of tetrazole rings is 1. The molecular weight excluding hydrogens is 659 g/mol. The number of aromatic nitrogens is 9. The molecule has 2 amide bonds. The average molecular weight is 688 g/mol. The number of carbonyl (C=O) groups is 2. The van der Waals surface area contributed by atoms with Crippen molar-refractivity contribution in [2.24, 2.45) is 18.4 Å². The highest BCUT2D eigenvalue weighted by Gasteiger charge is 2.56. The van der Waals surface area contributed by atoms with E-state index in [9.17, 15) is 40.3 Å². The van der Waals surface area contributed by atoms with Crippen molar-refractivity contribution in [3.8, 4) is 0 Å². The summed E-state index contributed by atoms with van der Waals surface area (Å²) >= 11 is 0. The minimum atomic E-state index is -4.70. The monoisotopic (exact) mass is 687 g/mol. The van der Waals surface area contributed by atoms with Gasteiger partial charge in [0.2, 0.25) is 17.5 Å². The Morgan fingerprint density at radius 1 is 1.17 bits per heavy atom. The number of hydrogen-bond acceptors (Lipinski definition) is 10. The lowest BCUT2D eigenvalue weighted by atomic mass is 9.76. The fourth-order valence-corrected chi connectivity index (χ4v) is 6.34. The normalized spacial score (nSPS) is 22.6. The molecule has 2 N–H and O–H groups in total. The number of carbonyl (C=O) groups excluding carboxylic acids is 2. The van der Waals surface area contributed by atoms with E-state index in [0.29, 0.717) is 12.5 Å². The van der Waals surface area contributed by atoms with Gasteiger partial charge in [-0.15, -0.1) is 10.2 Å². The van der Waals surface area contributed by atoms with Crippen LogP contribution < -0.4 is 10.6 Å². The first-order chi connectivity index (χ1) is 22.4. The van der Waals surface area contributed by atoms with Gasteiger partial charge in [-0.2, -0.15) is 31.8 Å². The highest BCUT2D eigenvalue weighted by atomic mass is 19.4. The Morgan fingerprint density at radius 3 is 2.52 bits per heavy atom. The number of alkyl halides is 7. The molecule has 1 aliphatic carbocycles. The topological polar surface area (TPSA) is 171 Å². The fraction of sp³-hybridized carbons (Fsp3) is 0.593. The first-order valence-corrected chi connectivity index (χ1v) is 14.8. The Kier molecular flexibility index (Phi) is 8.13. The second kappa shape index (κ2) is 11.8. The summed E-state index contributed by atoms with van der Waals surface area (Å²) in [6, 6.07) is -1.67. The van der Waals surface area contributed by atoms with Gasteiger partial charge in [-0.05, 0) is 58.8 Å². The molecule has 6 rings (SSSR count). The summed E-state index contributed by atoms with van der Waals surface area (Å²) in [4.78, 5) is 31.9. The number of fused-ring (bicyclic) bond motifs is 1. The van der Waals surface area contributed by atoms with E-state index in [1.54, 1.807) is 0 Å². The molecule has 3 atom stereocenters. The molecule has 0 bridgehead atoms. The molecule has 14 nitrogen and oxygen atoms in total. The second-order valence-electron chi connectivity index (χ2n) is 12.4. The molecule has 258 valence electrons. The molecule has 2 fully saturated rings. The van der Waals surface area contributed by atoms with Crippen LogP contribution in [0.3, 0.4) is 0 Å². The first-order valence-electron chi connectivity index (χ1n) is 14.8. The average Bonchev–Trinajstić information content (AvgIpc) is 3.78. The van der Waals surface area contributed by atoms with E-state index < -0.39 is 83.9 Å². The number of rotatable bonds is 9. The Bertz CT molecular complexity index is 1820. The van der Waals surface area contributed by atoms with Gasteiger partial charge in [0.1, 0.15) is 6.04 Å². The summed E-state index contributed by atoms with van der Waals surface area (Å²) in [6.07, 6.45) is -4.04. The fourth-order valence-electron chi connectivity index (χ4n) is 6.34. The maximum absolute atomic E-state index is 14.0. The molecular formula is C27H28F7N11O3. The Hall–Kier alpha value is -4.72. The van der Waals surface area contributed by atoms with E-state index in [1.165, 1.54) is 30.0 Å². The van der Waals surface area contributed by atoms with Crippen molar-refractivity contribution in [3.63, 3.8) is 0 Å². The SMILES string of the molecule is Cn1nnc(C[C@]2(Cc3cnn4cc([C@@H](NC(=O)c5nonc5C(C)(F)F)C5CCC(F)(F)CC5)nc4c3)C[C@@H](C(F)(F)F)NC2=O)n1. The van der Waals surface area contributed by atoms with Gasteiger partial charge in [-0.25, -0.2) is 22.9 Å². The summed E-state index contributed by atoms with van der Waals surface area (Å²) in [7, 11) is 1.47. The van der Waals surface area contributed by atoms with Crippen molar-refractivity contribution in [2.45, 2.75) is 82.0 Å². The highest BCUT2D eigenvalue weighted by molar-refractivity contribution is 5.93.